The lowest BCUT2D eigenvalue weighted by Crippen LogP contribution is -2.41. The maximum Gasteiger partial charge on any atom is 0.413 e. The van der Waals surface area contributed by atoms with Gasteiger partial charge in [0.1, 0.15) is 5.75 Å². The van der Waals surface area contributed by atoms with E-state index in [0.717, 1.165) is 6.42 Å². The van der Waals surface area contributed by atoms with Gasteiger partial charge in [0.2, 0.25) is 0 Å². The van der Waals surface area contributed by atoms with Crippen LogP contribution in [0.1, 0.15) is 32.3 Å². The van der Waals surface area contributed by atoms with E-state index in [0.29, 0.717) is 5.75 Å². The van der Waals surface area contributed by atoms with Crippen molar-refractivity contribution in [2.24, 2.45) is 0 Å². The fraction of sp³-hybridized carbons (Fsp3) is 0.533. The number of benzene rings is 1. The quantitative estimate of drug-likeness (QED) is 0.360. The predicted molar refractivity (Wildman–Crippen MR) is 98.1 cm³/mol. The lowest BCUT2D eigenvalue weighted by atomic mass is 10.1. The average molecular weight is 439 g/mol. The highest BCUT2D eigenvalue weighted by Gasteiger charge is 2.22. The van der Waals surface area contributed by atoms with E-state index in [9.17, 15) is 4.79 Å². The highest BCUT2D eigenvalue weighted by Crippen LogP contribution is 2.20. The molecular formula is C15H21Br2NO2S. The summed E-state index contributed by atoms with van der Waals surface area (Å²) in [6.07, 6.45) is 2.88. The molecule has 0 aliphatic heterocycles. The SMILES string of the molecule is CCCCc1ccc(OC(=O)NC(S)C(Br)C(C)Br)cc1. The standard InChI is InChI=1S/C15H21Br2NO2S/c1-3-4-5-11-6-8-12(9-7-11)20-15(19)18-14(21)13(17)10(2)16/h6-10,13-14,21H,3-5H2,1-2H3,(H,18,19). The van der Waals surface area contributed by atoms with Crippen LogP contribution in [0.2, 0.25) is 0 Å². The molecule has 0 aliphatic rings. The Hall–Kier alpha value is -0.200. The van der Waals surface area contributed by atoms with Crippen LogP contribution in [0.3, 0.4) is 0 Å². The normalized spacial score (nSPS) is 15.1. The zero-order valence-corrected chi connectivity index (χ0v) is 16.2. The van der Waals surface area contributed by atoms with Gasteiger partial charge in [-0.15, -0.1) is 0 Å². The van der Waals surface area contributed by atoms with Gasteiger partial charge in [0.15, 0.2) is 0 Å². The molecule has 3 unspecified atom stereocenters. The van der Waals surface area contributed by atoms with Crippen LogP contribution in [0.4, 0.5) is 4.79 Å². The lowest BCUT2D eigenvalue weighted by Gasteiger charge is -2.20. The van der Waals surface area contributed by atoms with Crippen LogP contribution < -0.4 is 10.1 Å². The molecule has 1 aromatic carbocycles. The third-order valence-electron chi connectivity index (χ3n) is 2.96. The van der Waals surface area contributed by atoms with E-state index in [1.807, 2.05) is 31.2 Å². The molecule has 3 nitrogen and oxygen atoms in total. The molecule has 1 aromatic rings. The molecule has 0 spiro atoms. The Balaban J connectivity index is 2.47. The Bertz CT molecular complexity index is 440. The summed E-state index contributed by atoms with van der Waals surface area (Å²) in [4.78, 5) is 12.0. The number of amides is 1. The largest absolute Gasteiger partial charge is 0.413 e. The number of carbonyl (C=O) groups excluding carboxylic acids is 1. The zero-order chi connectivity index (χ0) is 15.8. The highest BCUT2D eigenvalue weighted by molar-refractivity contribution is 9.12. The molecule has 0 aromatic heterocycles. The number of carbonyl (C=O) groups is 1. The van der Waals surface area contributed by atoms with Crippen LogP contribution in [-0.2, 0) is 6.42 Å². The molecular weight excluding hydrogens is 418 g/mol. The van der Waals surface area contributed by atoms with Crippen molar-refractivity contribution in [1.82, 2.24) is 5.32 Å². The van der Waals surface area contributed by atoms with Gasteiger partial charge < -0.3 is 10.1 Å². The van der Waals surface area contributed by atoms with Gasteiger partial charge in [-0.2, -0.15) is 12.6 Å². The summed E-state index contributed by atoms with van der Waals surface area (Å²) in [5, 5.41) is 2.35. The Morgan fingerprint density at radius 1 is 1.33 bits per heavy atom. The van der Waals surface area contributed by atoms with E-state index in [4.69, 9.17) is 4.74 Å². The summed E-state index contributed by atoms with van der Waals surface area (Å²) in [6, 6.07) is 7.61. The molecule has 1 rings (SSSR count). The number of hydrogen-bond donors (Lipinski definition) is 2. The molecule has 118 valence electrons. The van der Waals surface area contributed by atoms with Crippen molar-refractivity contribution in [2.45, 2.75) is 48.1 Å². The number of alkyl halides is 2. The van der Waals surface area contributed by atoms with Crippen LogP contribution in [-0.4, -0.2) is 21.1 Å². The molecule has 0 heterocycles. The molecule has 6 heteroatoms. The van der Waals surface area contributed by atoms with E-state index in [-0.39, 0.29) is 15.0 Å². The maximum atomic E-state index is 11.8. The van der Waals surface area contributed by atoms with Crippen molar-refractivity contribution >= 4 is 50.6 Å². The van der Waals surface area contributed by atoms with Gasteiger partial charge in [0, 0.05) is 4.83 Å². The van der Waals surface area contributed by atoms with Crippen LogP contribution in [0.15, 0.2) is 24.3 Å². The molecule has 0 fully saturated rings. The fourth-order valence-electron chi connectivity index (χ4n) is 1.69. The van der Waals surface area contributed by atoms with Crippen molar-refractivity contribution in [3.63, 3.8) is 0 Å². The minimum atomic E-state index is -0.506. The molecule has 0 bridgehead atoms. The van der Waals surface area contributed by atoms with E-state index in [2.05, 4.69) is 56.7 Å². The second-order valence-electron chi connectivity index (χ2n) is 4.85. The predicted octanol–water partition coefficient (Wildman–Crippen LogP) is 4.92. The van der Waals surface area contributed by atoms with E-state index in [1.54, 1.807) is 0 Å². The van der Waals surface area contributed by atoms with Gasteiger partial charge in [-0.05, 0) is 30.5 Å². The second-order valence-corrected chi connectivity index (χ2v) is 7.91. The molecule has 1 amide bonds. The van der Waals surface area contributed by atoms with Gasteiger partial charge in [-0.25, -0.2) is 4.79 Å². The first-order chi connectivity index (χ1) is 9.93. The van der Waals surface area contributed by atoms with E-state index in [1.165, 1.54) is 18.4 Å². The molecule has 0 radical (unpaired) electrons. The maximum absolute atomic E-state index is 11.8. The number of rotatable bonds is 7. The summed E-state index contributed by atoms with van der Waals surface area (Å²) in [6.45, 7) is 4.14. The van der Waals surface area contributed by atoms with E-state index < -0.39 is 6.09 Å². The number of ether oxygens (including phenoxy) is 1. The Labute approximate surface area is 148 Å². The summed E-state index contributed by atoms with van der Waals surface area (Å²) in [7, 11) is 0. The van der Waals surface area contributed by atoms with Crippen molar-refractivity contribution in [3.05, 3.63) is 29.8 Å². The van der Waals surface area contributed by atoms with Crippen LogP contribution in [0.25, 0.3) is 0 Å². The van der Waals surface area contributed by atoms with Crippen molar-refractivity contribution in [3.8, 4) is 5.75 Å². The Kier molecular flexibility index (Phi) is 8.74. The molecule has 21 heavy (non-hydrogen) atoms. The lowest BCUT2D eigenvalue weighted by molar-refractivity contribution is 0.199. The molecule has 0 saturated carbocycles. The number of thiol groups is 1. The topological polar surface area (TPSA) is 38.3 Å². The minimum Gasteiger partial charge on any atom is -0.410 e. The first kappa shape index (κ1) is 18.8. The molecule has 1 N–H and O–H groups in total. The number of halogens is 2. The molecule has 0 saturated heterocycles. The second kappa shape index (κ2) is 9.74. The van der Waals surface area contributed by atoms with Gasteiger partial charge in [0.05, 0.1) is 10.2 Å². The number of unbranched alkanes of at least 4 members (excludes halogenated alkanes) is 1. The third-order valence-corrected chi connectivity index (χ3v) is 6.42. The van der Waals surface area contributed by atoms with Crippen LogP contribution in [0.5, 0.6) is 5.75 Å². The Morgan fingerprint density at radius 2 is 1.95 bits per heavy atom. The Morgan fingerprint density at radius 3 is 2.48 bits per heavy atom. The molecule has 0 aliphatic carbocycles. The summed E-state index contributed by atoms with van der Waals surface area (Å²) >= 11 is 11.2. The third kappa shape index (κ3) is 7.06. The number of aryl methyl sites for hydroxylation is 1. The van der Waals surface area contributed by atoms with Crippen LogP contribution in [0, 0.1) is 0 Å². The monoisotopic (exact) mass is 437 g/mol. The molecule has 3 atom stereocenters. The summed E-state index contributed by atoms with van der Waals surface area (Å²) in [5.74, 6) is 0.534. The summed E-state index contributed by atoms with van der Waals surface area (Å²) in [5.41, 5.74) is 1.25. The smallest absolute Gasteiger partial charge is 0.410 e. The van der Waals surface area contributed by atoms with Crippen LogP contribution >= 0.6 is 44.5 Å². The average Bonchev–Trinajstić information content (AvgIpc) is 2.45. The minimum absolute atomic E-state index is 0.00445. The highest BCUT2D eigenvalue weighted by atomic mass is 79.9. The van der Waals surface area contributed by atoms with Gasteiger partial charge >= 0.3 is 6.09 Å². The van der Waals surface area contributed by atoms with E-state index >= 15 is 0 Å². The number of nitrogens with one attached hydrogen (secondary N) is 1. The van der Waals surface area contributed by atoms with Crippen molar-refractivity contribution in [1.29, 1.82) is 0 Å². The summed E-state index contributed by atoms with van der Waals surface area (Å²) < 4.78 is 5.24. The first-order valence-electron chi connectivity index (χ1n) is 6.97. The van der Waals surface area contributed by atoms with Gasteiger partial charge in [0.25, 0.3) is 0 Å². The zero-order valence-electron chi connectivity index (χ0n) is 12.2. The fourth-order valence-corrected chi connectivity index (χ4v) is 2.73. The van der Waals surface area contributed by atoms with Crippen molar-refractivity contribution < 1.29 is 9.53 Å². The number of hydrogen-bond acceptors (Lipinski definition) is 3. The van der Waals surface area contributed by atoms with Crippen molar-refractivity contribution in [2.75, 3.05) is 0 Å². The first-order valence-corrected chi connectivity index (χ1v) is 9.32. The van der Waals surface area contributed by atoms with Gasteiger partial charge in [-0.3, -0.25) is 0 Å². The van der Waals surface area contributed by atoms with Gasteiger partial charge in [-0.1, -0.05) is 64.3 Å².